The van der Waals surface area contributed by atoms with Crippen molar-refractivity contribution in [3.63, 3.8) is 0 Å². The molecular weight excluding hydrogens is 264 g/mol. The fraction of sp³-hybridized carbons (Fsp3) is 0.625. The van der Waals surface area contributed by atoms with Crippen LogP contribution >= 0.6 is 0 Å². The van der Waals surface area contributed by atoms with Crippen LogP contribution in [-0.4, -0.2) is 24.6 Å². The van der Waals surface area contributed by atoms with Gasteiger partial charge in [-0.25, -0.2) is 9.98 Å². The zero-order valence-electron chi connectivity index (χ0n) is 13.3. The lowest BCUT2D eigenvalue weighted by atomic mass is 10.1. The van der Waals surface area contributed by atoms with Gasteiger partial charge in [0.1, 0.15) is 0 Å². The third kappa shape index (κ3) is 7.54. The van der Waals surface area contributed by atoms with Crippen LogP contribution in [0, 0.1) is 0 Å². The topological polar surface area (TPSA) is 72.5 Å². The smallest absolute Gasteiger partial charge is 0.218 e. The van der Waals surface area contributed by atoms with E-state index in [9.17, 15) is 0 Å². The molecule has 1 aromatic rings. The van der Waals surface area contributed by atoms with Crippen molar-refractivity contribution in [3.05, 3.63) is 23.9 Å². The summed E-state index contributed by atoms with van der Waals surface area (Å²) in [5.74, 6) is 1.08. The molecule has 3 N–H and O–H groups in total. The van der Waals surface area contributed by atoms with Crippen molar-refractivity contribution >= 4 is 5.96 Å². The molecule has 0 spiro atoms. The molecule has 0 unspecified atom stereocenters. The molecule has 5 nitrogen and oxygen atoms in total. The van der Waals surface area contributed by atoms with Gasteiger partial charge in [0.15, 0.2) is 5.96 Å². The number of rotatable bonds is 10. The molecule has 0 fully saturated rings. The van der Waals surface area contributed by atoms with Crippen LogP contribution < -0.4 is 15.8 Å². The first-order valence-electron chi connectivity index (χ1n) is 7.79. The minimum atomic E-state index is 0.479. The number of nitrogens with zero attached hydrogens (tertiary/aromatic N) is 2. The molecule has 0 aromatic carbocycles. The van der Waals surface area contributed by atoms with E-state index in [4.69, 9.17) is 10.5 Å². The minimum absolute atomic E-state index is 0.479. The zero-order chi connectivity index (χ0) is 15.3. The number of ether oxygens (including phenoxy) is 1. The first-order valence-corrected chi connectivity index (χ1v) is 7.79. The number of pyridine rings is 1. The van der Waals surface area contributed by atoms with Crippen LogP contribution in [0.2, 0.25) is 0 Å². The number of hydrogen-bond acceptors (Lipinski definition) is 3. The van der Waals surface area contributed by atoms with Gasteiger partial charge in [-0.15, -0.1) is 0 Å². The Morgan fingerprint density at radius 2 is 2.05 bits per heavy atom. The summed E-state index contributed by atoms with van der Waals surface area (Å²) in [6.07, 6.45) is 9.35. The SMILES string of the molecule is CCCCCCCCNC(N)=NCc1cccnc1OC. The molecule has 21 heavy (non-hydrogen) atoms. The summed E-state index contributed by atoms with van der Waals surface area (Å²) in [6.45, 7) is 3.59. The van der Waals surface area contributed by atoms with E-state index in [-0.39, 0.29) is 0 Å². The third-order valence-electron chi connectivity index (χ3n) is 3.30. The number of methoxy groups -OCH3 is 1. The lowest BCUT2D eigenvalue weighted by molar-refractivity contribution is 0.392. The van der Waals surface area contributed by atoms with E-state index in [1.807, 2.05) is 12.1 Å². The number of hydrogen-bond donors (Lipinski definition) is 2. The van der Waals surface area contributed by atoms with Gasteiger partial charge >= 0.3 is 0 Å². The van der Waals surface area contributed by atoms with Crippen molar-refractivity contribution in [1.29, 1.82) is 0 Å². The maximum atomic E-state index is 5.85. The number of unbranched alkanes of at least 4 members (excludes halogenated alkanes) is 5. The summed E-state index contributed by atoms with van der Waals surface area (Å²) in [5.41, 5.74) is 6.79. The second-order valence-electron chi connectivity index (χ2n) is 5.07. The molecule has 0 aliphatic heterocycles. The van der Waals surface area contributed by atoms with Gasteiger partial charge in [0.25, 0.3) is 0 Å². The Morgan fingerprint density at radius 3 is 2.81 bits per heavy atom. The predicted molar refractivity (Wildman–Crippen MR) is 87.5 cm³/mol. The Kier molecular flexibility index (Phi) is 9.00. The van der Waals surface area contributed by atoms with Crippen molar-refractivity contribution in [2.45, 2.75) is 52.0 Å². The molecule has 0 amide bonds. The van der Waals surface area contributed by atoms with Crippen LogP contribution in [0.1, 0.15) is 51.0 Å². The van der Waals surface area contributed by atoms with Gasteiger partial charge in [0.2, 0.25) is 5.88 Å². The number of aliphatic imine (C=N–C) groups is 1. The Hall–Kier alpha value is -1.78. The fourth-order valence-corrected chi connectivity index (χ4v) is 2.08. The van der Waals surface area contributed by atoms with Crippen molar-refractivity contribution in [3.8, 4) is 5.88 Å². The summed E-state index contributed by atoms with van der Waals surface area (Å²) in [7, 11) is 1.61. The summed E-state index contributed by atoms with van der Waals surface area (Å²) in [5, 5.41) is 3.15. The maximum absolute atomic E-state index is 5.85. The number of aromatic nitrogens is 1. The van der Waals surface area contributed by atoms with E-state index in [0.717, 1.165) is 18.5 Å². The van der Waals surface area contributed by atoms with Gasteiger partial charge in [-0.05, 0) is 12.5 Å². The fourth-order valence-electron chi connectivity index (χ4n) is 2.08. The summed E-state index contributed by atoms with van der Waals surface area (Å²) < 4.78 is 5.18. The second-order valence-corrected chi connectivity index (χ2v) is 5.07. The highest BCUT2D eigenvalue weighted by Crippen LogP contribution is 2.14. The van der Waals surface area contributed by atoms with E-state index >= 15 is 0 Å². The molecule has 1 aromatic heterocycles. The van der Waals surface area contributed by atoms with Crippen LogP contribution in [0.5, 0.6) is 5.88 Å². The van der Waals surface area contributed by atoms with E-state index in [0.29, 0.717) is 18.4 Å². The van der Waals surface area contributed by atoms with Gasteiger partial charge < -0.3 is 15.8 Å². The molecule has 0 atom stereocenters. The van der Waals surface area contributed by atoms with Crippen molar-refractivity contribution in [2.75, 3.05) is 13.7 Å². The van der Waals surface area contributed by atoms with Gasteiger partial charge in [0, 0.05) is 18.3 Å². The number of nitrogens with two attached hydrogens (primary N) is 1. The van der Waals surface area contributed by atoms with E-state index < -0.39 is 0 Å². The Bertz CT molecular complexity index is 420. The van der Waals surface area contributed by atoms with Crippen LogP contribution in [0.15, 0.2) is 23.3 Å². The molecule has 0 saturated heterocycles. The molecule has 0 aliphatic rings. The third-order valence-corrected chi connectivity index (χ3v) is 3.30. The quantitative estimate of drug-likeness (QED) is 0.395. The summed E-state index contributed by atoms with van der Waals surface area (Å²) >= 11 is 0. The van der Waals surface area contributed by atoms with Crippen LogP contribution in [-0.2, 0) is 6.54 Å². The van der Waals surface area contributed by atoms with E-state index in [1.54, 1.807) is 13.3 Å². The molecule has 1 heterocycles. The first-order chi connectivity index (χ1) is 10.3. The van der Waals surface area contributed by atoms with Crippen LogP contribution in [0.25, 0.3) is 0 Å². The van der Waals surface area contributed by atoms with Gasteiger partial charge in [0.05, 0.1) is 13.7 Å². The minimum Gasteiger partial charge on any atom is -0.481 e. The Morgan fingerprint density at radius 1 is 1.29 bits per heavy atom. The molecule has 0 aliphatic carbocycles. The number of nitrogens with one attached hydrogen (secondary N) is 1. The van der Waals surface area contributed by atoms with Gasteiger partial charge in [-0.3, -0.25) is 0 Å². The predicted octanol–water partition coefficient (Wildman–Crippen LogP) is 2.86. The lowest BCUT2D eigenvalue weighted by Gasteiger charge is -2.07. The Balaban J connectivity index is 2.21. The summed E-state index contributed by atoms with van der Waals surface area (Å²) in [6, 6.07) is 3.81. The summed E-state index contributed by atoms with van der Waals surface area (Å²) in [4.78, 5) is 8.45. The largest absolute Gasteiger partial charge is 0.481 e. The lowest BCUT2D eigenvalue weighted by Crippen LogP contribution is -2.32. The molecule has 0 saturated carbocycles. The second kappa shape index (κ2) is 10.9. The van der Waals surface area contributed by atoms with Gasteiger partial charge in [-0.1, -0.05) is 45.1 Å². The number of guanidine groups is 1. The van der Waals surface area contributed by atoms with E-state index in [2.05, 4.69) is 22.2 Å². The van der Waals surface area contributed by atoms with Crippen molar-refractivity contribution in [1.82, 2.24) is 10.3 Å². The van der Waals surface area contributed by atoms with Crippen LogP contribution in [0.4, 0.5) is 0 Å². The standard InChI is InChI=1S/C16H28N4O/c1-3-4-5-6-7-8-11-19-16(17)20-13-14-10-9-12-18-15(14)21-2/h9-10,12H,3-8,11,13H2,1-2H3,(H3,17,19,20). The molecular formula is C16H28N4O. The van der Waals surface area contributed by atoms with Gasteiger partial charge in [-0.2, -0.15) is 0 Å². The van der Waals surface area contributed by atoms with Crippen molar-refractivity contribution < 1.29 is 4.74 Å². The average Bonchev–Trinajstić information content (AvgIpc) is 2.52. The maximum Gasteiger partial charge on any atom is 0.218 e. The highest BCUT2D eigenvalue weighted by atomic mass is 16.5. The van der Waals surface area contributed by atoms with E-state index in [1.165, 1.54) is 32.1 Å². The highest BCUT2D eigenvalue weighted by Gasteiger charge is 2.02. The average molecular weight is 292 g/mol. The molecule has 0 radical (unpaired) electrons. The Labute approximate surface area is 128 Å². The van der Waals surface area contributed by atoms with Crippen molar-refractivity contribution in [2.24, 2.45) is 10.7 Å². The monoisotopic (exact) mass is 292 g/mol. The normalized spacial score (nSPS) is 11.4. The molecule has 118 valence electrons. The highest BCUT2D eigenvalue weighted by molar-refractivity contribution is 5.77. The molecule has 5 heteroatoms. The first kappa shape index (κ1) is 17.3. The molecule has 0 bridgehead atoms. The van der Waals surface area contributed by atoms with Crippen LogP contribution in [0.3, 0.4) is 0 Å². The zero-order valence-corrected chi connectivity index (χ0v) is 13.3. The molecule has 1 rings (SSSR count).